The average Bonchev–Trinajstić information content (AvgIpc) is 3.50. The quantitative estimate of drug-likeness (QED) is 0.161. The van der Waals surface area contributed by atoms with Gasteiger partial charge in [-0.1, -0.05) is 102 Å². The zero-order valence-corrected chi connectivity index (χ0v) is 23.8. The van der Waals surface area contributed by atoms with Crippen LogP contribution in [0, 0.1) is 5.92 Å². The molecule has 2 aliphatic rings. The smallest absolute Gasteiger partial charge is 0.129 e. The van der Waals surface area contributed by atoms with Crippen molar-refractivity contribution in [3.63, 3.8) is 0 Å². The molecule has 1 aliphatic heterocycles. The Balaban J connectivity index is 1.15. The van der Waals surface area contributed by atoms with Crippen LogP contribution >= 0.6 is 23.2 Å². The van der Waals surface area contributed by atoms with Crippen molar-refractivity contribution in [2.45, 2.75) is 25.0 Å². The summed E-state index contributed by atoms with van der Waals surface area (Å²) in [6, 6.07) is 35.3. The molecule has 1 N–H and O–H groups in total. The summed E-state index contributed by atoms with van der Waals surface area (Å²) in [7, 11) is 0. The lowest BCUT2D eigenvalue weighted by molar-refractivity contribution is 0.306. The number of anilines is 1. The van der Waals surface area contributed by atoms with E-state index in [0.717, 1.165) is 39.8 Å². The molecule has 0 spiro atoms. The average molecular weight is 576 g/mol. The maximum atomic E-state index is 6.40. The third kappa shape index (κ3) is 5.12. The largest absolute Gasteiger partial charge is 0.488 e. The second kappa shape index (κ2) is 11.1. The number of nitrogens with zero attached hydrogens (tertiary/aromatic N) is 1. The van der Waals surface area contributed by atoms with Gasteiger partial charge in [0.1, 0.15) is 12.4 Å². The molecule has 0 fully saturated rings. The predicted octanol–water partition coefficient (Wildman–Crippen LogP) is 10.3. The zero-order valence-electron chi connectivity index (χ0n) is 22.3. The van der Waals surface area contributed by atoms with E-state index in [1.165, 1.54) is 16.8 Å². The maximum Gasteiger partial charge on any atom is 0.129 e. The molecule has 0 unspecified atom stereocenters. The highest BCUT2D eigenvalue weighted by molar-refractivity contribution is 6.35. The van der Waals surface area contributed by atoms with Gasteiger partial charge in [-0.2, -0.15) is 0 Å². The Bertz CT molecular complexity index is 1790. The molecular formula is C36H28Cl2N2O. The summed E-state index contributed by atoms with van der Waals surface area (Å²) in [5.41, 5.74) is 6.62. The molecule has 0 saturated carbocycles. The van der Waals surface area contributed by atoms with Gasteiger partial charge < -0.3 is 10.1 Å². The SMILES string of the molecule is Clc1ccc(COc2ccc3ccccc3c2C=Nc2ccc([C@@H]3Nc4ccccc4[C@H]4C=CC[C@@H]43)cc2)c(Cl)c1. The van der Waals surface area contributed by atoms with Crippen molar-refractivity contribution in [3.8, 4) is 5.75 Å². The topological polar surface area (TPSA) is 33.6 Å². The number of halogens is 2. The standard InChI is InChI=1S/C36H28Cl2N2O/c37-26-16-12-25(33(38)20-26)22-41-35-19-15-23-6-1-2-7-28(23)32(35)21-39-27-17-13-24(14-18-27)36-31-10-5-9-29(31)30-8-3-4-11-34(30)40-36/h1-9,11-21,29,31,36,40H,10,22H2/t29-,31+,36+/m1/s1. The third-order valence-corrected chi connectivity index (χ3v) is 8.78. The van der Waals surface area contributed by atoms with E-state index in [1.54, 1.807) is 6.07 Å². The second-order valence-electron chi connectivity index (χ2n) is 10.6. The van der Waals surface area contributed by atoms with Crippen molar-refractivity contribution < 1.29 is 4.74 Å². The molecule has 0 amide bonds. The molecule has 1 aliphatic carbocycles. The number of rotatable bonds is 6. The van der Waals surface area contributed by atoms with Crippen molar-refractivity contribution >= 4 is 51.6 Å². The molecule has 0 saturated heterocycles. The molecule has 202 valence electrons. The van der Waals surface area contributed by atoms with Crippen LogP contribution < -0.4 is 10.1 Å². The molecule has 0 radical (unpaired) electrons. The Labute approximate surface area is 250 Å². The van der Waals surface area contributed by atoms with Gasteiger partial charge >= 0.3 is 0 Å². The summed E-state index contributed by atoms with van der Waals surface area (Å²) in [5, 5.41) is 7.21. The number of fused-ring (bicyclic) bond motifs is 4. The summed E-state index contributed by atoms with van der Waals surface area (Å²) in [6.45, 7) is 0.332. The van der Waals surface area contributed by atoms with Gasteiger partial charge in [0, 0.05) is 39.0 Å². The molecule has 5 aromatic rings. The Kier molecular flexibility index (Phi) is 7.00. The Morgan fingerprint density at radius 3 is 2.59 bits per heavy atom. The van der Waals surface area contributed by atoms with E-state index in [0.29, 0.717) is 28.5 Å². The monoisotopic (exact) mass is 574 g/mol. The van der Waals surface area contributed by atoms with E-state index in [9.17, 15) is 0 Å². The molecule has 0 aromatic heterocycles. The summed E-state index contributed by atoms with van der Waals surface area (Å²) in [6.07, 6.45) is 7.69. The van der Waals surface area contributed by atoms with E-state index < -0.39 is 0 Å². The summed E-state index contributed by atoms with van der Waals surface area (Å²) in [5.74, 6) is 1.73. The van der Waals surface area contributed by atoms with Gasteiger partial charge in [0.05, 0.1) is 11.7 Å². The van der Waals surface area contributed by atoms with Crippen molar-refractivity contribution in [1.82, 2.24) is 0 Å². The number of aliphatic imine (C=N–C) groups is 1. The molecule has 1 heterocycles. The fraction of sp³-hybridized carbons (Fsp3) is 0.139. The number of nitrogens with one attached hydrogen (secondary N) is 1. The summed E-state index contributed by atoms with van der Waals surface area (Å²) in [4.78, 5) is 4.88. The minimum atomic E-state index is 0.265. The first-order valence-electron chi connectivity index (χ1n) is 13.9. The molecular weight excluding hydrogens is 547 g/mol. The fourth-order valence-electron chi connectivity index (χ4n) is 6.11. The van der Waals surface area contributed by atoms with Gasteiger partial charge in [-0.25, -0.2) is 0 Å². The normalized spacial score (nSPS) is 19.2. The predicted molar refractivity (Wildman–Crippen MR) is 171 cm³/mol. The van der Waals surface area contributed by atoms with Gasteiger partial charge in [0.15, 0.2) is 0 Å². The van der Waals surface area contributed by atoms with Crippen LogP contribution in [0.2, 0.25) is 10.0 Å². The van der Waals surface area contributed by atoms with Gasteiger partial charge in [0.25, 0.3) is 0 Å². The van der Waals surface area contributed by atoms with Crippen LogP contribution in [0.25, 0.3) is 10.8 Å². The van der Waals surface area contributed by atoms with Crippen molar-refractivity contribution in [3.05, 3.63) is 148 Å². The lowest BCUT2D eigenvalue weighted by atomic mass is 9.77. The number of para-hydroxylation sites is 1. The van der Waals surface area contributed by atoms with E-state index >= 15 is 0 Å². The maximum absolute atomic E-state index is 6.40. The van der Waals surface area contributed by atoms with Crippen LogP contribution in [0.1, 0.15) is 40.6 Å². The fourth-order valence-corrected chi connectivity index (χ4v) is 6.57. The molecule has 5 heteroatoms. The number of hydrogen-bond donors (Lipinski definition) is 1. The number of benzene rings is 5. The summed E-state index contributed by atoms with van der Waals surface area (Å²) >= 11 is 12.5. The van der Waals surface area contributed by atoms with Crippen molar-refractivity contribution in [1.29, 1.82) is 0 Å². The first kappa shape index (κ1) is 25.9. The molecule has 41 heavy (non-hydrogen) atoms. The molecule has 0 bridgehead atoms. The zero-order chi connectivity index (χ0) is 27.8. The van der Waals surface area contributed by atoms with Gasteiger partial charge in [-0.3, -0.25) is 4.99 Å². The van der Waals surface area contributed by atoms with E-state index in [-0.39, 0.29) is 6.04 Å². The van der Waals surface area contributed by atoms with Crippen LogP contribution in [-0.2, 0) is 6.61 Å². The first-order valence-corrected chi connectivity index (χ1v) is 14.6. The second-order valence-corrected chi connectivity index (χ2v) is 11.5. The van der Waals surface area contributed by atoms with Crippen molar-refractivity contribution in [2.24, 2.45) is 10.9 Å². The summed E-state index contributed by atoms with van der Waals surface area (Å²) < 4.78 is 6.27. The highest BCUT2D eigenvalue weighted by Gasteiger charge is 2.37. The van der Waals surface area contributed by atoms with Crippen LogP contribution in [-0.4, -0.2) is 6.21 Å². The molecule has 3 nitrogen and oxygen atoms in total. The number of hydrogen-bond acceptors (Lipinski definition) is 3. The van der Waals surface area contributed by atoms with Crippen LogP contribution in [0.3, 0.4) is 0 Å². The van der Waals surface area contributed by atoms with Gasteiger partial charge in [-0.05, 0) is 70.6 Å². The lowest BCUT2D eigenvalue weighted by Gasteiger charge is -2.37. The molecule has 5 aromatic carbocycles. The van der Waals surface area contributed by atoms with Gasteiger partial charge in [-0.15, -0.1) is 0 Å². The van der Waals surface area contributed by atoms with Crippen molar-refractivity contribution in [2.75, 3.05) is 5.32 Å². The highest BCUT2D eigenvalue weighted by Crippen LogP contribution is 2.49. The van der Waals surface area contributed by atoms with E-state index in [4.69, 9.17) is 32.9 Å². The number of ether oxygens (including phenoxy) is 1. The Hall–Kier alpha value is -4.05. The minimum Gasteiger partial charge on any atom is -0.488 e. The van der Waals surface area contributed by atoms with Crippen LogP contribution in [0.15, 0.2) is 120 Å². The van der Waals surface area contributed by atoms with Gasteiger partial charge in [0.2, 0.25) is 0 Å². The van der Waals surface area contributed by atoms with Crippen LogP contribution in [0.4, 0.5) is 11.4 Å². The first-order chi connectivity index (χ1) is 20.1. The lowest BCUT2D eigenvalue weighted by Crippen LogP contribution is -2.28. The minimum absolute atomic E-state index is 0.265. The number of allylic oxidation sites excluding steroid dienone is 2. The highest BCUT2D eigenvalue weighted by atomic mass is 35.5. The Morgan fingerprint density at radius 1 is 0.878 bits per heavy atom. The Morgan fingerprint density at radius 2 is 1.71 bits per heavy atom. The molecule has 7 rings (SSSR count). The van der Waals surface area contributed by atoms with Crippen LogP contribution in [0.5, 0.6) is 5.75 Å². The third-order valence-electron chi connectivity index (χ3n) is 8.20. The molecule has 3 atom stereocenters. The van der Waals surface area contributed by atoms with E-state index in [1.807, 2.05) is 36.5 Å². The van der Waals surface area contributed by atoms with E-state index in [2.05, 4.69) is 84.2 Å².